The number of nitro groups is 1. The molecular weight excluding hydrogens is 398 g/mol. The molecule has 4 atom stereocenters. The number of rotatable bonds is 5. The summed E-state index contributed by atoms with van der Waals surface area (Å²) in [6, 6.07) is 5.87. The van der Waals surface area contributed by atoms with E-state index in [2.05, 4.69) is 25.6 Å². The Morgan fingerprint density at radius 3 is 2.80 bits per heavy atom. The lowest BCUT2D eigenvalue weighted by atomic mass is 10.1. The molecule has 0 bridgehead atoms. The summed E-state index contributed by atoms with van der Waals surface area (Å²) in [5.41, 5.74) is 0.906. The quantitative estimate of drug-likeness (QED) is 0.323. The molecule has 2 aromatic heterocycles. The summed E-state index contributed by atoms with van der Waals surface area (Å²) in [6.07, 6.45) is -2.60. The molecule has 0 radical (unpaired) electrons. The minimum Gasteiger partial charge on any atom is -0.387 e. The molecule has 30 heavy (non-hydrogen) atoms. The van der Waals surface area contributed by atoms with Crippen LogP contribution in [0.5, 0.6) is 0 Å². The summed E-state index contributed by atoms with van der Waals surface area (Å²) in [5.74, 6) is -0.300. The van der Waals surface area contributed by atoms with Crippen LogP contribution in [0.1, 0.15) is 6.23 Å². The molecule has 0 spiro atoms. The molecule has 1 aromatic carbocycles. The number of aliphatic hydroxyl groups is 2. The highest BCUT2D eigenvalue weighted by atomic mass is 16.6. The highest BCUT2D eigenvalue weighted by Crippen LogP contribution is 2.33. The number of fused-ring (bicyclic) bond motifs is 1. The third-order valence-corrected chi connectivity index (χ3v) is 4.70. The summed E-state index contributed by atoms with van der Waals surface area (Å²) in [7, 11) is 1.39. The third-order valence-electron chi connectivity index (χ3n) is 4.70. The standard InChI is InChI=1S/C17H17N7O6/c1-18-16(27)13-11(25)12(26)17(30-13)23-7-21-10-14(19-6-20-15(10)23)22-8-3-2-4-9(5-8)24(28)29/h2-7,11-13,17,25-26H,1H3,(H,18,27)(H,19,20,22)/t11-,12+,13-,17+/m0/s1. The number of amides is 1. The number of nitro benzene ring substituents is 1. The average molecular weight is 415 g/mol. The van der Waals surface area contributed by atoms with E-state index in [1.807, 2.05) is 0 Å². The molecule has 0 aliphatic carbocycles. The molecule has 1 saturated heterocycles. The Morgan fingerprint density at radius 2 is 2.07 bits per heavy atom. The molecule has 3 heterocycles. The Bertz CT molecular complexity index is 1120. The zero-order valence-electron chi connectivity index (χ0n) is 15.5. The topological polar surface area (TPSA) is 178 Å². The Kier molecular flexibility index (Phi) is 4.99. The number of likely N-dealkylation sites (N-methyl/N-ethyl adjacent to an activating group) is 1. The van der Waals surface area contributed by atoms with Crippen LogP contribution in [-0.2, 0) is 9.53 Å². The number of imidazole rings is 1. The summed E-state index contributed by atoms with van der Waals surface area (Å²) in [6.45, 7) is 0. The van der Waals surface area contributed by atoms with Crippen molar-refractivity contribution in [3.05, 3.63) is 47.0 Å². The number of anilines is 2. The van der Waals surface area contributed by atoms with E-state index in [4.69, 9.17) is 4.74 Å². The molecule has 3 aromatic rings. The predicted octanol–water partition coefficient (Wildman–Crippen LogP) is -0.157. The van der Waals surface area contributed by atoms with Crippen LogP contribution in [-0.4, -0.2) is 65.9 Å². The zero-order valence-corrected chi connectivity index (χ0v) is 15.5. The fraction of sp³-hybridized carbons (Fsp3) is 0.294. The van der Waals surface area contributed by atoms with Crippen molar-refractivity contribution in [2.75, 3.05) is 12.4 Å². The predicted molar refractivity (Wildman–Crippen MR) is 102 cm³/mol. The molecule has 1 fully saturated rings. The van der Waals surface area contributed by atoms with Gasteiger partial charge in [0.1, 0.15) is 18.5 Å². The number of carbonyl (C=O) groups excluding carboxylic acids is 1. The Labute approximate surface area is 168 Å². The first kappa shape index (κ1) is 19.6. The number of hydrogen-bond acceptors (Lipinski definition) is 10. The number of ether oxygens (including phenoxy) is 1. The maximum atomic E-state index is 11.9. The number of hydrogen-bond donors (Lipinski definition) is 4. The van der Waals surface area contributed by atoms with Gasteiger partial charge in [-0.3, -0.25) is 19.5 Å². The SMILES string of the molecule is CNC(=O)[C@H]1O[C@@H](n2cnc3c(Nc4cccc([N+](=O)[O-])c4)ncnc32)[C@H](O)[C@@H]1O. The Morgan fingerprint density at radius 1 is 1.27 bits per heavy atom. The summed E-state index contributed by atoms with van der Waals surface area (Å²) in [4.78, 5) is 34.8. The van der Waals surface area contributed by atoms with Crippen LogP contribution in [0.2, 0.25) is 0 Å². The van der Waals surface area contributed by atoms with Crippen molar-refractivity contribution in [2.24, 2.45) is 0 Å². The van der Waals surface area contributed by atoms with Crippen LogP contribution in [0.3, 0.4) is 0 Å². The second kappa shape index (κ2) is 7.62. The van der Waals surface area contributed by atoms with E-state index in [-0.39, 0.29) is 17.2 Å². The van der Waals surface area contributed by atoms with Gasteiger partial charge in [-0.15, -0.1) is 0 Å². The van der Waals surface area contributed by atoms with E-state index in [1.165, 1.54) is 42.5 Å². The first-order valence-corrected chi connectivity index (χ1v) is 8.83. The van der Waals surface area contributed by atoms with Gasteiger partial charge in [0, 0.05) is 24.9 Å². The molecule has 0 unspecified atom stereocenters. The fourth-order valence-corrected chi connectivity index (χ4v) is 3.21. The monoisotopic (exact) mass is 415 g/mol. The van der Waals surface area contributed by atoms with Crippen LogP contribution in [0.4, 0.5) is 17.2 Å². The maximum Gasteiger partial charge on any atom is 0.271 e. The van der Waals surface area contributed by atoms with Crippen LogP contribution >= 0.6 is 0 Å². The number of carbonyl (C=O) groups is 1. The van der Waals surface area contributed by atoms with E-state index < -0.39 is 35.4 Å². The van der Waals surface area contributed by atoms with Gasteiger partial charge in [-0.1, -0.05) is 6.07 Å². The molecule has 1 amide bonds. The molecule has 0 saturated carbocycles. The lowest BCUT2D eigenvalue weighted by Crippen LogP contribution is -2.41. The fourth-order valence-electron chi connectivity index (χ4n) is 3.21. The first-order valence-electron chi connectivity index (χ1n) is 8.83. The van der Waals surface area contributed by atoms with Crippen molar-refractivity contribution in [1.29, 1.82) is 0 Å². The van der Waals surface area contributed by atoms with E-state index >= 15 is 0 Å². The second-order valence-electron chi connectivity index (χ2n) is 6.52. The highest BCUT2D eigenvalue weighted by Gasteiger charge is 2.47. The molecule has 13 heteroatoms. The van der Waals surface area contributed by atoms with Gasteiger partial charge in [0.25, 0.3) is 11.6 Å². The van der Waals surface area contributed by atoms with Gasteiger partial charge >= 0.3 is 0 Å². The molecular formula is C17H17N7O6. The van der Waals surface area contributed by atoms with E-state index in [1.54, 1.807) is 6.07 Å². The normalized spacial score (nSPS) is 23.4. The van der Waals surface area contributed by atoms with Crippen LogP contribution in [0.25, 0.3) is 11.2 Å². The molecule has 4 rings (SSSR count). The minimum absolute atomic E-state index is 0.0902. The lowest BCUT2D eigenvalue weighted by molar-refractivity contribution is -0.384. The number of aliphatic hydroxyl groups excluding tert-OH is 2. The third kappa shape index (κ3) is 3.30. The largest absolute Gasteiger partial charge is 0.387 e. The molecule has 156 valence electrons. The van der Waals surface area contributed by atoms with Crippen molar-refractivity contribution in [2.45, 2.75) is 24.5 Å². The molecule has 1 aliphatic rings. The molecule has 13 nitrogen and oxygen atoms in total. The van der Waals surface area contributed by atoms with Gasteiger partial charge in [0.15, 0.2) is 29.3 Å². The summed E-state index contributed by atoms with van der Waals surface area (Å²) in [5, 5.41) is 36.8. The number of aromatic nitrogens is 4. The number of benzene rings is 1. The van der Waals surface area contributed by atoms with Crippen molar-refractivity contribution in [3.63, 3.8) is 0 Å². The number of nitrogens with zero attached hydrogens (tertiary/aromatic N) is 5. The van der Waals surface area contributed by atoms with Crippen LogP contribution < -0.4 is 10.6 Å². The Balaban J connectivity index is 1.67. The summed E-state index contributed by atoms with van der Waals surface area (Å²) < 4.78 is 6.93. The lowest BCUT2D eigenvalue weighted by Gasteiger charge is -2.16. The maximum absolute atomic E-state index is 11.9. The van der Waals surface area contributed by atoms with Crippen LogP contribution in [0, 0.1) is 10.1 Å². The van der Waals surface area contributed by atoms with Crippen molar-refractivity contribution < 1.29 is 24.7 Å². The van der Waals surface area contributed by atoms with Crippen molar-refractivity contribution in [3.8, 4) is 0 Å². The number of non-ortho nitro benzene ring substituents is 1. The molecule has 1 aliphatic heterocycles. The van der Waals surface area contributed by atoms with Gasteiger partial charge in [-0.25, -0.2) is 15.0 Å². The van der Waals surface area contributed by atoms with Gasteiger partial charge in [-0.2, -0.15) is 0 Å². The van der Waals surface area contributed by atoms with Gasteiger partial charge in [0.05, 0.1) is 11.3 Å². The van der Waals surface area contributed by atoms with E-state index in [0.29, 0.717) is 11.2 Å². The average Bonchev–Trinajstić information content (AvgIpc) is 3.30. The second-order valence-corrected chi connectivity index (χ2v) is 6.52. The summed E-state index contributed by atoms with van der Waals surface area (Å²) >= 11 is 0. The van der Waals surface area contributed by atoms with Crippen LogP contribution in [0.15, 0.2) is 36.9 Å². The smallest absolute Gasteiger partial charge is 0.271 e. The van der Waals surface area contributed by atoms with Crippen molar-refractivity contribution >= 4 is 34.3 Å². The van der Waals surface area contributed by atoms with E-state index in [9.17, 15) is 25.1 Å². The van der Waals surface area contributed by atoms with E-state index in [0.717, 1.165) is 0 Å². The van der Waals surface area contributed by atoms with Crippen molar-refractivity contribution in [1.82, 2.24) is 24.8 Å². The van der Waals surface area contributed by atoms with Gasteiger partial charge in [-0.05, 0) is 6.07 Å². The first-order chi connectivity index (χ1) is 14.4. The Hall–Kier alpha value is -3.68. The number of nitrogens with one attached hydrogen (secondary N) is 2. The highest BCUT2D eigenvalue weighted by molar-refractivity contribution is 5.85. The molecule has 4 N–H and O–H groups in total. The van der Waals surface area contributed by atoms with Gasteiger partial charge in [0.2, 0.25) is 0 Å². The van der Waals surface area contributed by atoms with Gasteiger partial charge < -0.3 is 25.6 Å². The zero-order chi connectivity index (χ0) is 21.4. The minimum atomic E-state index is -1.43.